The van der Waals surface area contributed by atoms with Gasteiger partial charge in [0.05, 0.1) is 12.1 Å². The fourth-order valence-corrected chi connectivity index (χ4v) is 5.57. The average Bonchev–Trinajstić information content (AvgIpc) is 2.97. The highest BCUT2D eigenvalue weighted by atomic mass is 28.4. The number of alkyl carbamates (subject to hydrolysis) is 1. The number of carbonyl (C=O) groups is 3. The molecule has 0 aromatic rings. The zero-order valence-electron chi connectivity index (χ0n) is 21.0. The first-order valence-electron chi connectivity index (χ1n) is 11.8. The molecule has 8 nitrogen and oxygen atoms in total. The number of nitrogens with one attached hydrogen (secondary N) is 1. The van der Waals surface area contributed by atoms with Crippen molar-refractivity contribution in [2.24, 2.45) is 0 Å². The molecule has 2 saturated heterocycles. The molecule has 2 rings (SSSR count). The van der Waals surface area contributed by atoms with E-state index in [0.29, 0.717) is 12.8 Å². The molecule has 2 aliphatic rings. The number of hydrogen-bond donors (Lipinski definition) is 2. The third kappa shape index (κ3) is 6.47. The number of carboxylic acids is 1. The van der Waals surface area contributed by atoms with E-state index in [4.69, 9.17) is 9.16 Å². The van der Waals surface area contributed by atoms with Crippen LogP contribution in [0.5, 0.6) is 0 Å². The maximum Gasteiger partial charge on any atom is 0.408 e. The fraction of sp³-hybridized carbons (Fsp3) is 0.870. The average molecular weight is 471 g/mol. The second-order valence-electron chi connectivity index (χ2n) is 11.7. The van der Waals surface area contributed by atoms with Gasteiger partial charge in [0.25, 0.3) is 0 Å². The van der Waals surface area contributed by atoms with Gasteiger partial charge in [-0.15, -0.1) is 0 Å². The highest BCUT2D eigenvalue weighted by molar-refractivity contribution is 6.74. The number of fused-ring (bicyclic) bond motifs is 1. The van der Waals surface area contributed by atoms with Crippen molar-refractivity contribution in [2.75, 3.05) is 0 Å². The number of aliphatic carboxylic acids is 1. The summed E-state index contributed by atoms with van der Waals surface area (Å²) in [7, 11) is -2.16. The summed E-state index contributed by atoms with van der Waals surface area (Å²) in [5.41, 5.74) is -0.687. The molecular formula is C23H42N2O6Si. The molecule has 4 atom stereocenters. The first-order chi connectivity index (χ1) is 14.5. The van der Waals surface area contributed by atoms with Crippen LogP contribution in [-0.2, 0) is 18.8 Å². The molecule has 0 radical (unpaired) electrons. The molecule has 9 heteroatoms. The van der Waals surface area contributed by atoms with E-state index in [1.807, 2.05) is 0 Å². The summed E-state index contributed by atoms with van der Waals surface area (Å²) in [5, 5.41) is 12.6. The lowest BCUT2D eigenvalue weighted by Crippen LogP contribution is -2.55. The molecule has 2 fully saturated rings. The predicted octanol–water partition coefficient (Wildman–Crippen LogP) is 4.29. The summed E-state index contributed by atoms with van der Waals surface area (Å²) < 4.78 is 12.0. The molecule has 0 aliphatic carbocycles. The van der Waals surface area contributed by atoms with Gasteiger partial charge in [0.15, 0.2) is 8.32 Å². The number of ether oxygens (including phenoxy) is 1. The quantitative estimate of drug-likeness (QED) is 0.594. The highest BCUT2D eigenvalue weighted by Crippen LogP contribution is 2.41. The third-order valence-corrected chi connectivity index (χ3v) is 11.4. The molecular weight excluding hydrogens is 428 g/mol. The van der Waals surface area contributed by atoms with Crippen LogP contribution in [0.1, 0.15) is 80.1 Å². The molecule has 0 bridgehead atoms. The van der Waals surface area contributed by atoms with E-state index < -0.39 is 38.1 Å². The lowest BCUT2D eigenvalue weighted by Gasteiger charge is -2.40. The molecule has 0 unspecified atom stereocenters. The minimum Gasteiger partial charge on any atom is -0.480 e. The summed E-state index contributed by atoms with van der Waals surface area (Å²) in [5.74, 6) is -1.38. The summed E-state index contributed by atoms with van der Waals surface area (Å²) in [6, 6.07) is -2.07. The van der Waals surface area contributed by atoms with E-state index in [2.05, 4.69) is 39.2 Å². The van der Waals surface area contributed by atoms with Crippen LogP contribution in [0.4, 0.5) is 4.79 Å². The number of rotatable bonds is 4. The van der Waals surface area contributed by atoms with Gasteiger partial charge < -0.3 is 24.5 Å². The summed E-state index contributed by atoms with van der Waals surface area (Å²) in [4.78, 5) is 39.6. The number of carboxylic acid groups (broad SMARTS) is 1. The molecule has 0 aromatic carbocycles. The normalized spacial score (nSPS) is 27.8. The molecule has 2 amide bonds. The summed E-state index contributed by atoms with van der Waals surface area (Å²) in [6.07, 6.45) is 3.03. The number of carbonyl (C=O) groups excluding carboxylic acids is 2. The Morgan fingerprint density at radius 2 is 1.66 bits per heavy atom. The second-order valence-corrected chi connectivity index (χ2v) is 16.4. The number of amides is 2. The molecule has 2 aliphatic heterocycles. The molecule has 0 aromatic heterocycles. The van der Waals surface area contributed by atoms with E-state index >= 15 is 0 Å². The van der Waals surface area contributed by atoms with Crippen molar-refractivity contribution in [1.82, 2.24) is 10.2 Å². The van der Waals surface area contributed by atoms with E-state index in [0.717, 1.165) is 19.3 Å². The SMILES string of the molecule is CC(C)(C)OC(=O)N[C@H]1CCCCC[C@H]2[C@H](O[Si](C)(C)C(C)(C)C)C[C@@H](C(=O)O)N2C1=O. The topological polar surface area (TPSA) is 105 Å². The second kappa shape index (κ2) is 9.71. The number of hydrogen-bond acceptors (Lipinski definition) is 5. The smallest absolute Gasteiger partial charge is 0.408 e. The summed E-state index contributed by atoms with van der Waals surface area (Å²) >= 11 is 0. The minimum absolute atomic E-state index is 0.0253. The third-order valence-electron chi connectivity index (χ3n) is 6.85. The van der Waals surface area contributed by atoms with Crippen LogP contribution in [0.25, 0.3) is 0 Å². The Hall–Kier alpha value is -1.61. The van der Waals surface area contributed by atoms with Crippen molar-refractivity contribution >= 4 is 26.3 Å². The molecule has 0 saturated carbocycles. The van der Waals surface area contributed by atoms with Gasteiger partial charge in [-0.25, -0.2) is 9.59 Å². The molecule has 184 valence electrons. The molecule has 2 heterocycles. The van der Waals surface area contributed by atoms with Crippen molar-refractivity contribution < 1.29 is 28.7 Å². The zero-order valence-corrected chi connectivity index (χ0v) is 22.0. The van der Waals surface area contributed by atoms with Crippen molar-refractivity contribution in [3.63, 3.8) is 0 Å². The van der Waals surface area contributed by atoms with Crippen LogP contribution in [0, 0.1) is 0 Å². The molecule has 32 heavy (non-hydrogen) atoms. The highest BCUT2D eigenvalue weighted by Gasteiger charge is 2.52. The Bertz CT molecular complexity index is 712. The fourth-order valence-electron chi connectivity index (χ4n) is 4.21. The maximum atomic E-state index is 13.6. The van der Waals surface area contributed by atoms with E-state index in [-0.39, 0.29) is 29.5 Å². The maximum absolute atomic E-state index is 13.6. The minimum atomic E-state index is -2.16. The number of nitrogens with zero attached hydrogens (tertiary/aromatic N) is 1. The van der Waals surface area contributed by atoms with Gasteiger partial charge in [0, 0.05) is 6.42 Å². The van der Waals surface area contributed by atoms with Crippen LogP contribution in [0.15, 0.2) is 0 Å². The van der Waals surface area contributed by atoms with Gasteiger partial charge in [-0.2, -0.15) is 0 Å². The van der Waals surface area contributed by atoms with Crippen molar-refractivity contribution in [1.29, 1.82) is 0 Å². The monoisotopic (exact) mass is 470 g/mol. The first-order valence-corrected chi connectivity index (χ1v) is 14.7. The van der Waals surface area contributed by atoms with Crippen LogP contribution in [0.3, 0.4) is 0 Å². The van der Waals surface area contributed by atoms with Gasteiger partial charge in [0.2, 0.25) is 5.91 Å². The van der Waals surface area contributed by atoms with Crippen molar-refractivity contribution in [3.8, 4) is 0 Å². The van der Waals surface area contributed by atoms with Crippen molar-refractivity contribution in [3.05, 3.63) is 0 Å². The van der Waals surface area contributed by atoms with E-state index in [1.54, 1.807) is 20.8 Å². The standard InChI is InChI=1S/C23H42N2O6Si/c1-22(2,3)30-21(29)24-15-12-10-9-11-13-16-18(31-32(7,8)23(4,5)6)14-17(20(27)28)25(16)19(15)26/h15-18H,9-14H2,1-8H3,(H,24,29)(H,27,28)/t15-,16-,17-,18+/m0/s1. The van der Waals surface area contributed by atoms with E-state index in [9.17, 15) is 19.5 Å². The van der Waals surface area contributed by atoms with Crippen LogP contribution < -0.4 is 5.32 Å². The lowest BCUT2D eigenvalue weighted by atomic mass is 10.0. The lowest BCUT2D eigenvalue weighted by molar-refractivity contribution is -0.150. The summed E-state index contributed by atoms with van der Waals surface area (Å²) in [6.45, 7) is 16.0. The van der Waals surface area contributed by atoms with Gasteiger partial charge in [-0.05, 0) is 51.7 Å². The van der Waals surface area contributed by atoms with Gasteiger partial charge in [-0.1, -0.05) is 40.0 Å². The molecule has 0 spiro atoms. The largest absolute Gasteiger partial charge is 0.480 e. The van der Waals surface area contributed by atoms with Gasteiger partial charge in [-0.3, -0.25) is 4.79 Å². The first kappa shape index (κ1) is 26.6. The predicted molar refractivity (Wildman–Crippen MR) is 125 cm³/mol. The Morgan fingerprint density at radius 1 is 1.06 bits per heavy atom. The van der Waals surface area contributed by atoms with Crippen LogP contribution in [0.2, 0.25) is 18.1 Å². The Morgan fingerprint density at radius 3 is 2.19 bits per heavy atom. The van der Waals surface area contributed by atoms with E-state index in [1.165, 1.54) is 4.90 Å². The van der Waals surface area contributed by atoms with Crippen LogP contribution in [-0.4, -0.2) is 66.1 Å². The van der Waals surface area contributed by atoms with Gasteiger partial charge in [0.1, 0.15) is 17.7 Å². The van der Waals surface area contributed by atoms with Gasteiger partial charge >= 0.3 is 12.1 Å². The van der Waals surface area contributed by atoms with Crippen LogP contribution >= 0.6 is 0 Å². The van der Waals surface area contributed by atoms with Crippen molar-refractivity contribution in [2.45, 2.75) is 128 Å². The Balaban J connectivity index is 2.33. The molecule has 2 N–H and O–H groups in total. The zero-order chi connectivity index (χ0) is 24.5. The Kier molecular flexibility index (Phi) is 8.08. The Labute approximate surface area is 193 Å².